The van der Waals surface area contributed by atoms with Gasteiger partial charge in [0, 0.05) is 25.7 Å². The highest BCUT2D eigenvalue weighted by Crippen LogP contribution is 2.28. The Hall–Kier alpha value is -2.38. The molecule has 1 fully saturated rings. The number of nitro groups is 1. The summed E-state index contributed by atoms with van der Waals surface area (Å²) in [6, 6.07) is 3.03. The Balaban J connectivity index is 2.32. The maximum absolute atomic E-state index is 11.6. The van der Waals surface area contributed by atoms with E-state index in [4.69, 9.17) is 0 Å². The highest BCUT2D eigenvalue weighted by molar-refractivity contribution is 5.82. The normalized spacial score (nSPS) is 15.3. The van der Waals surface area contributed by atoms with Gasteiger partial charge in [0.1, 0.15) is 5.82 Å². The Kier molecular flexibility index (Phi) is 4.91. The molecule has 2 heterocycles. The minimum absolute atomic E-state index is 0.0771. The van der Waals surface area contributed by atoms with E-state index in [1.165, 1.54) is 6.07 Å². The standard InChI is InChI=1S/C13H19N5O3/c1-2-6-14-11-5-4-10(18(20)21)13(16-11)17-8-3-7-15-12(19)9-17/h4-5H,2-3,6-9H2,1H3,(H,14,16)(H,15,19). The first kappa shape index (κ1) is 15.0. The van der Waals surface area contributed by atoms with Crippen LogP contribution in [0.25, 0.3) is 0 Å². The molecular formula is C13H19N5O3. The monoisotopic (exact) mass is 293 g/mol. The van der Waals surface area contributed by atoms with E-state index in [1.807, 2.05) is 6.92 Å². The molecule has 1 saturated heterocycles. The van der Waals surface area contributed by atoms with Crippen LogP contribution in [0, 0.1) is 10.1 Å². The van der Waals surface area contributed by atoms with Crippen LogP contribution in [0.15, 0.2) is 12.1 Å². The summed E-state index contributed by atoms with van der Waals surface area (Å²) >= 11 is 0. The lowest BCUT2D eigenvalue weighted by Crippen LogP contribution is -2.34. The summed E-state index contributed by atoms with van der Waals surface area (Å²) in [5.74, 6) is 0.691. The summed E-state index contributed by atoms with van der Waals surface area (Å²) in [7, 11) is 0. The van der Waals surface area contributed by atoms with E-state index in [0.717, 1.165) is 19.4 Å². The third-order valence-corrected chi connectivity index (χ3v) is 3.17. The van der Waals surface area contributed by atoms with Crippen molar-refractivity contribution < 1.29 is 9.72 Å². The Labute approximate surface area is 122 Å². The molecule has 1 aliphatic heterocycles. The lowest BCUT2D eigenvalue weighted by Gasteiger charge is -2.20. The number of aromatic nitrogens is 1. The van der Waals surface area contributed by atoms with Crippen molar-refractivity contribution in [2.45, 2.75) is 19.8 Å². The molecular weight excluding hydrogens is 274 g/mol. The SMILES string of the molecule is CCCNc1ccc([N+](=O)[O-])c(N2CCCNC(=O)C2)n1. The van der Waals surface area contributed by atoms with Crippen LogP contribution in [-0.2, 0) is 4.79 Å². The molecule has 1 amide bonds. The molecule has 8 nitrogen and oxygen atoms in total. The number of rotatable bonds is 5. The maximum atomic E-state index is 11.6. The van der Waals surface area contributed by atoms with Crippen molar-refractivity contribution in [3.63, 3.8) is 0 Å². The Bertz CT molecular complexity index is 535. The minimum atomic E-state index is -0.464. The first-order valence-electron chi connectivity index (χ1n) is 7.02. The van der Waals surface area contributed by atoms with Crippen LogP contribution in [0.1, 0.15) is 19.8 Å². The lowest BCUT2D eigenvalue weighted by molar-refractivity contribution is -0.384. The van der Waals surface area contributed by atoms with Crippen molar-refractivity contribution >= 4 is 23.2 Å². The van der Waals surface area contributed by atoms with Crippen molar-refractivity contribution in [3.05, 3.63) is 22.2 Å². The second kappa shape index (κ2) is 6.87. The summed E-state index contributed by atoms with van der Waals surface area (Å²) in [5, 5.41) is 17.0. The number of nitrogens with one attached hydrogen (secondary N) is 2. The molecule has 0 aromatic carbocycles. The van der Waals surface area contributed by atoms with Crippen molar-refractivity contribution in [2.24, 2.45) is 0 Å². The fraction of sp³-hybridized carbons (Fsp3) is 0.538. The molecule has 8 heteroatoms. The van der Waals surface area contributed by atoms with Crippen molar-refractivity contribution in [1.29, 1.82) is 0 Å². The van der Waals surface area contributed by atoms with Crippen LogP contribution in [0.2, 0.25) is 0 Å². The first-order chi connectivity index (χ1) is 10.1. The third kappa shape index (κ3) is 3.80. The quantitative estimate of drug-likeness (QED) is 0.623. The number of carbonyl (C=O) groups excluding carboxylic acids is 1. The van der Waals surface area contributed by atoms with Gasteiger partial charge in [-0.15, -0.1) is 0 Å². The Morgan fingerprint density at radius 3 is 3.05 bits per heavy atom. The van der Waals surface area contributed by atoms with Gasteiger partial charge in [-0.05, 0) is 18.9 Å². The van der Waals surface area contributed by atoms with Crippen molar-refractivity contribution in [1.82, 2.24) is 10.3 Å². The van der Waals surface area contributed by atoms with Gasteiger partial charge in [-0.1, -0.05) is 6.92 Å². The largest absolute Gasteiger partial charge is 0.370 e. The van der Waals surface area contributed by atoms with Gasteiger partial charge in [-0.2, -0.15) is 0 Å². The second-order valence-corrected chi connectivity index (χ2v) is 4.85. The van der Waals surface area contributed by atoms with Gasteiger partial charge in [-0.3, -0.25) is 14.9 Å². The van der Waals surface area contributed by atoms with Crippen LogP contribution in [0.3, 0.4) is 0 Å². The molecule has 2 N–H and O–H groups in total. The molecule has 21 heavy (non-hydrogen) atoms. The van der Waals surface area contributed by atoms with Gasteiger partial charge >= 0.3 is 5.69 Å². The summed E-state index contributed by atoms with van der Waals surface area (Å²) in [5.41, 5.74) is -0.0771. The second-order valence-electron chi connectivity index (χ2n) is 4.85. The molecule has 0 radical (unpaired) electrons. The number of carbonyl (C=O) groups is 1. The Morgan fingerprint density at radius 1 is 1.52 bits per heavy atom. The zero-order valence-electron chi connectivity index (χ0n) is 12.0. The van der Waals surface area contributed by atoms with E-state index in [1.54, 1.807) is 11.0 Å². The van der Waals surface area contributed by atoms with Crippen molar-refractivity contribution in [2.75, 3.05) is 36.4 Å². The van der Waals surface area contributed by atoms with Crippen LogP contribution >= 0.6 is 0 Å². The number of nitrogens with zero attached hydrogens (tertiary/aromatic N) is 3. The molecule has 1 aliphatic rings. The van der Waals surface area contributed by atoms with Gasteiger partial charge in [0.05, 0.1) is 11.5 Å². The minimum Gasteiger partial charge on any atom is -0.370 e. The molecule has 1 aromatic rings. The molecule has 0 unspecified atom stereocenters. The number of pyridine rings is 1. The van der Waals surface area contributed by atoms with Crippen LogP contribution < -0.4 is 15.5 Å². The van der Waals surface area contributed by atoms with Gasteiger partial charge in [0.2, 0.25) is 11.7 Å². The van der Waals surface area contributed by atoms with E-state index in [2.05, 4.69) is 15.6 Å². The number of amides is 1. The molecule has 0 atom stereocenters. The lowest BCUT2D eigenvalue weighted by atomic mass is 10.3. The van der Waals surface area contributed by atoms with E-state index in [9.17, 15) is 14.9 Å². The molecule has 0 bridgehead atoms. The van der Waals surface area contributed by atoms with Gasteiger partial charge in [-0.25, -0.2) is 4.98 Å². The predicted octanol–water partition coefficient (Wildman–Crippen LogP) is 1.14. The topological polar surface area (TPSA) is 100 Å². The maximum Gasteiger partial charge on any atom is 0.311 e. The average Bonchev–Trinajstić information content (AvgIpc) is 2.69. The number of hydrogen-bond acceptors (Lipinski definition) is 6. The van der Waals surface area contributed by atoms with Gasteiger partial charge in [0.15, 0.2) is 0 Å². The number of anilines is 2. The van der Waals surface area contributed by atoms with E-state index < -0.39 is 4.92 Å². The first-order valence-corrected chi connectivity index (χ1v) is 7.02. The molecule has 0 aliphatic carbocycles. The third-order valence-electron chi connectivity index (χ3n) is 3.17. The zero-order valence-corrected chi connectivity index (χ0v) is 12.0. The van der Waals surface area contributed by atoms with Crippen LogP contribution in [0.4, 0.5) is 17.3 Å². The molecule has 0 saturated carbocycles. The summed E-state index contributed by atoms with van der Waals surface area (Å²) in [6.07, 6.45) is 1.66. The smallest absolute Gasteiger partial charge is 0.311 e. The molecule has 0 spiro atoms. The van der Waals surface area contributed by atoms with E-state index in [-0.39, 0.29) is 24.0 Å². The fourth-order valence-corrected chi connectivity index (χ4v) is 2.15. The molecule has 2 rings (SSSR count). The molecule has 1 aromatic heterocycles. The summed E-state index contributed by atoms with van der Waals surface area (Å²) < 4.78 is 0. The van der Waals surface area contributed by atoms with Crippen LogP contribution in [0.5, 0.6) is 0 Å². The Morgan fingerprint density at radius 2 is 2.33 bits per heavy atom. The number of hydrogen-bond donors (Lipinski definition) is 2. The molecule has 114 valence electrons. The van der Waals surface area contributed by atoms with Crippen molar-refractivity contribution in [3.8, 4) is 0 Å². The highest BCUT2D eigenvalue weighted by atomic mass is 16.6. The van der Waals surface area contributed by atoms with Gasteiger partial charge < -0.3 is 15.5 Å². The van der Waals surface area contributed by atoms with Gasteiger partial charge in [0.25, 0.3) is 0 Å². The summed E-state index contributed by atoms with van der Waals surface area (Å²) in [6.45, 7) is 4.00. The zero-order chi connectivity index (χ0) is 15.2. The predicted molar refractivity (Wildman–Crippen MR) is 79.5 cm³/mol. The average molecular weight is 293 g/mol. The van der Waals surface area contributed by atoms with E-state index >= 15 is 0 Å². The summed E-state index contributed by atoms with van der Waals surface area (Å²) in [4.78, 5) is 28.3. The highest BCUT2D eigenvalue weighted by Gasteiger charge is 2.24. The fourth-order valence-electron chi connectivity index (χ4n) is 2.15. The van der Waals surface area contributed by atoms with E-state index in [0.29, 0.717) is 18.9 Å². The van der Waals surface area contributed by atoms with Crippen LogP contribution in [-0.4, -0.2) is 42.0 Å².